The van der Waals surface area contributed by atoms with Crippen LogP contribution < -0.4 is 5.32 Å². The standard InChI is InChI=1S/C10H24N2O/c1-5-12(6-7-13-4)9-10(2)8-11-3/h10-11H,5-9H2,1-4H3. The Balaban J connectivity index is 3.56. The molecule has 0 aromatic heterocycles. The van der Waals surface area contributed by atoms with Crippen molar-refractivity contribution in [1.82, 2.24) is 10.2 Å². The average Bonchev–Trinajstić information content (AvgIpc) is 2.12. The van der Waals surface area contributed by atoms with Gasteiger partial charge in [0.25, 0.3) is 0 Å². The smallest absolute Gasteiger partial charge is 0.0589 e. The van der Waals surface area contributed by atoms with Crippen molar-refractivity contribution in [1.29, 1.82) is 0 Å². The topological polar surface area (TPSA) is 24.5 Å². The summed E-state index contributed by atoms with van der Waals surface area (Å²) in [4.78, 5) is 2.42. The normalized spacial score (nSPS) is 13.6. The van der Waals surface area contributed by atoms with Gasteiger partial charge in [0.1, 0.15) is 0 Å². The molecule has 13 heavy (non-hydrogen) atoms. The van der Waals surface area contributed by atoms with Gasteiger partial charge in [0.15, 0.2) is 0 Å². The average molecular weight is 188 g/mol. The van der Waals surface area contributed by atoms with Crippen molar-refractivity contribution >= 4 is 0 Å². The lowest BCUT2D eigenvalue weighted by Crippen LogP contribution is -2.34. The maximum absolute atomic E-state index is 5.06. The Morgan fingerprint density at radius 3 is 2.62 bits per heavy atom. The van der Waals surface area contributed by atoms with E-state index in [0.717, 1.165) is 32.8 Å². The van der Waals surface area contributed by atoms with Crippen molar-refractivity contribution in [2.75, 3.05) is 46.9 Å². The first kappa shape index (κ1) is 12.9. The highest BCUT2D eigenvalue weighted by atomic mass is 16.5. The Hall–Kier alpha value is -0.120. The van der Waals surface area contributed by atoms with Gasteiger partial charge in [0, 0.05) is 20.2 Å². The fraction of sp³-hybridized carbons (Fsp3) is 1.00. The molecule has 0 aromatic rings. The van der Waals surface area contributed by atoms with Crippen LogP contribution in [0.5, 0.6) is 0 Å². The molecule has 0 aliphatic heterocycles. The SMILES string of the molecule is CCN(CCOC)CC(C)CNC. The fourth-order valence-corrected chi connectivity index (χ4v) is 1.45. The van der Waals surface area contributed by atoms with Gasteiger partial charge in [-0.3, -0.25) is 0 Å². The van der Waals surface area contributed by atoms with E-state index in [1.54, 1.807) is 7.11 Å². The summed E-state index contributed by atoms with van der Waals surface area (Å²) in [5, 5.41) is 3.20. The predicted molar refractivity (Wildman–Crippen MR) is 57.1 cm³/mol. The van der Waals surface area contributed by atoms with Crippen LogP contribution in [0.4, 0.5) is 0 Å². The molecular weight excluding hydrogens is 164 g/mol. The van der Waals surface area contributed by atoms with E-state index in [4.69, 9.17) is 4.74 Å². The molecule has 0 aliphatic rings. The molecule has 0 aliphatic carbocycles. The second kappa shape index (κ2) is 8.48. The summed E-state index contributed by atoms with van der Waals surface area (Å²) in [7, 11) is 3.76. The first-order chi connectivity index (χ1) is 6.24. The zero-order valence-corrected chi connectivity index (χ0v) is 9.47. The minimum atomic E-state index is 0.710. The number of methoxy groups -OCH3 is 1. The third-order valence-corrected chi connectivity index (χ3v) is 2.18. The van der Waals surface area contributed by atoms with Gasteiger partial charge in [-0.15, -0.1) is 0 Å². The first-order valence-electron chi connectivity index (χ1n) is 5.10. The van der Waals surface area contributed by atoms with E-state index in [9.17, 15) is 0 Å². The number of nitrogens with zero attached hydrogens (tertiary/aromatic N) is 1. The monoisotopic (exact) mass is 188 g/mol. The molecule has 1 unspecified atom stereocenters. The van der Waals surface area contributed by atoms with Crippen LogP contribution in [-0.4, -0.2) is 51.8 Å². The maximum Gasteiger partial charge on any atom is 0.0589 e. The minimum absolute atomic E-state index is 0.710. The summed E-state index contributed by atoms with van der Waals surface area (Å²) in [5.41, 5.74) is 0. The van der Waals surface area contributed by atoms with Crippen LogP contribution in [0.2, 0.25) is 0 Å². The van der Waals surface area contributed by atoms with Crippen LogP contribution in [0.15, 0.2) is 0 Å². The fourth-order valence-electron chi connectivity index (χ4n) is 1.45. The van der Waals surface area contributed by atoms with E-state index >= 15 is 0 Å². The summed E-state index contributed by atoms with van der Waals surface area (Å²) >= 11 is 0. The van der Waals surface area contributed by atoms with Gasteiger partial charge in [-0.2, -0.15) is 0 Å². The van der Waals surface area contributed by atoms with Gasteiger partial charge in [-0.25, -0.2) is 0 Å². The number of rotatable bonds is 8. The predicted octanol–water partition coefficient (Wildman–Crippen LogP) is 0.810. The van der Waals surface area contributed by atoms with E-state index < -0.39 is 0 Å². The third-order valence-electron chi connectivity index (χ3n) is 2.18. The molecule has 3 nitrogen and oxygen atoms in total. The van der Waals surface area contributed by atoms with E-state index in [1.165, 1.54) is 0 Å². The number of likely N-dealkylation sites (N-methyl/N-ethyl adjacent to an activating group) is 1. The molecule has 0 spiro atoms. The maximum atomic E-state index is 5.06. The first-order valence-corrected chi connectivity index (χ1v) is 5.10. The Labute approximate surface area is 82.4 Å². The number of hydrogen-bond acceptors (Lipinski definition) is 3. The van der Waals surface area contributed by atoms with Gasteiger partial charge in [0.05, 0.1) is 6.61 Å². The van der Waals surface area contributed by atoms with Gasteiger partial charge < -0.3 is 15.0 Å². The van der Waals surface area contributed by atoms with E-state index in [-0.39, 0.29) is 0 Å². The molecule has 0 bridgehead atoms. The van der Waals surface area contributed by atoms with E-state index in [2.05, 4.69) is 24.1 Å². The van der Waals surface area contributed by atoms with Crippen LogP contribution in [-0.2, 0) is 4.74 Å². The lowest BCUT2D eigenvalue weighted by atomic mass is 10.1. The second-order valence-corrected chi connectivity index (χ2v) is 3.55. The molecule has 1 N–H and O–H groups in total. The molecule has 80 valence electrons. The van der Waals surface area contributed by atoms with Crippen LogP contribution in [0.1, 0.15) is 13.8 Å². The lowest BCUT2D eigenvalue weighted by Gasteiger charge is -2.23. The highest BCUT2D eigenvalue weighted by Crippen LogP contribution is 1.98. The molecule has 0 saturated carbocycles. The summed E-state index contributed by atoms with van der Waals surface area (Å²) in [6, 6.07) is 0. The molecule has 0 heterocycles. The number of nitrogens with one attached hydrogen (secondary N) is 1. The van der Waals surface area contributed by atoms with Crippen molar-refractivity contribution in [3.63, 3.8) is 0 Å². The van der Waals surface area contributed by atoms with Crippen molar-refractivity contribution < 1.29 is 4.74 Å². The molecule has 0 radical (unpaired) electrons. The minimum Gasteiger partial charge on any atom is -0.383 e. The molecule has 1 atom stereocenters. The molecule has 0 amide bonds. The summed E-state index contributed by atoms with van der Waals surface area (Å²) in [5.74, 6) is 0.710. The lowest BCUT2D eigenvalue weighted by molar-refractivity contribution is 0.142. The zero-order valence-electron chi connectivity index (χ0n) is 9.47. The van der Waals surface area contributed by atoms with Crippen LogP contribution in [0.25, 0.3) is 0 Å². The molecular formula is C10H24N2O. The van der Waals surface area contributed by atoms with Crippen LogP contribution >= 0.6 is 0 Å². The molecule has 0 rings (SSSR count). The van der Waals surface area contributed by atoms with Gasteiger partial charge in [-0.05, 0) is 26.1 Å². The van der Waals surface area contributed by atoms with Gasteiger partial charge in [0.2, 0.25) is 0 Å². The second-order valence-electron chi connectivity index (χ2n) is 3.55. The third kappa shape index (κ3) is 6.99. The van der Waals surface area contributed by atoms with E-state index in [1.807, 2.05) is 7.05 Å². The van der Waals surface area contributed by atoms with E-state index in [0.29, 0.717) is 5.92 Å². The quantitative estimate of drug-likeness (QED) is 0.610. The van der Waals surface area contributed by atoms with Gasteiger partial charge in [-0.1, -0.05) is 13.8 Å². The van der Waals surface area contributed by atoms with Crippen molar-refractivity contribution in [2.45, 2.75) is 13.8 Å². The summed E-state index contributed by atoms with van der Waals surface area (Å²) in [6.45, 7) is 9.69. The number of hydrogen-bond donors (Lipinski definition) is 1. The van der Waals surface area contributed by atoms with Crippen molar-refractivity contribution in [3.8, 4) is 0 Å². The van der Waals surface area contributed by atoms with Gasteiger partial charge >= 0.3 is 0 Å². The van der Waals surface area contributed by atoms with Crippen molar-refractivity contribution in [2.24, 2.45) is 5.92 Å². The highest BCUT2D eigenvalue weighted by Gasteiger charge is 2.06. The van der Waals surface area contributed by atoms with Crippen LogP contribution in [0, 0.1) is 5.92 Å². The summed E-state index contributed by atoms with van der Waals surface area (Å²) < 4.78 is 5.06. The number of ether oxygens (including phenoxy) is 1. The zero-order chi connectivity index (χ0) is 10.1. The van der Waals surface area contributed by atoms with Crippen LogP contribution in [0.3, 0.4) is 0 Å². The van der Waals surface area contributed by atoms with Crippen molar-refractivity contribution in [3.05, 3.63) is 0 Å². The highest BCUT2D eigenvalue weighted by molar-refractivity contribution is 4.62. The Morgan fingerprint density at radius 2 is 2.15 bits per heavy atom. The molecule has 0 fully saturated rings. The molecule has 3 heteroatoms. The Kier molecular flexibility index (Phi) is 8.40. The summed E-state index contributed by atoms with van der Waals surface area (Å²) in [6.07, 6.45) is 0. The Bertz CT molecular complexity index is 109. The molecule has 0 aromatic carbocycles. The molecule has 0 saturated heterocycles. The Morgan fingerprint density at radius 1 is 1.46 bits per heavy atom. The largest absolute Gasteiger partial charge is 0.383 e.